The molecule has 1 amide bonds. The van der Waals surface area contributed by atoms with Crippen LogP contribution in [0.1, 0.15) is 16.1 Å². The van der Waals surface area contributed by atoms with Gasteiger partial charge in [-0.15, -0.1) is 0 Å². The van der Waals surface area contributed by atoms with E-state index in [-0.39, 0.29) is 11.8 Å². The Morgan fingerprint density at radius 2 is 2.20 bits per heavy atom. The van der Waals surface area contributed by atoms with Gasteiger partial charge in [-0.2, -0.15) is 0 Å². The lowest BCUT2D eigenvalue weighted by Crippen LogP contribution is -2.29. The van der Waals surface area contributed by atoms with Crippen molar-refractivity contribution in [2.24, 2.45) is 13.0 Å². The van der Waals surface area contributed by atoms with E-state index < -0.39 is 6.10 Å². The van der Waals surface area contributed by atoms with Crippen LogP contribution in [0, 0.1) is 5.92 Å². The van der Waals surface area contributed by atoms with E-state index >= 15 is 0 Å². The fourth-order valence-corrected chi connectivity index (χ4v) is 3.86. The molecule has 30 heavy (non-hydrogen) atoms. The van der Waals surface area contributed by atoms with Crippen molar-refractivity contribution >= 4 is 22.9 Å². The minimum Gasteiger partial charge on any atom is -0.391 e. The summed E-state index contributed by atoms with van der Waals surface area (Å²) in [5.41, 5.74) is 3.07. The number of ether oxygens (including phenoxy) is 1. The first-order valence-electron chi connectivity index (χ1n) is 9.98. The third-order valence-corrected chi connectivity index (χ3v) is 5.50. The van der Waals surface area contributed by atoms with Crippen molar-refractivity contribution in [3.63, 3.8) is 0 Å². The third-order valence-electron chi connectivity index (χ3n) is 5.50. The Labute approximate surface area is 174 Å². The average molecular weight is 410 g/mol. The molecule has 1 aliphatic heterocycles. The van der Waals surface area contributed by atoms with E-state index in [2.05, 4.69) is 20.3 Å². The number of likely N-dealkylation sites (tertiary alicyclic amines) is 1. The number of nitrogens with one attached hydrogen (secondary N) is 1. The molecule has 0 saturated carbocycles. The molecule has 0 aliphatic carbocycles. The Balaban J connectivity index is 1.47. The molecule has 2 atom stereocenters. The molecule has 0 spiro atoms. The Morgan fingerprint density at radius 3 is 2.97 bits per heavy atom. The van der Waals surface area contributed by atoms with Gasteiger partial charge in [0.15, 0.2) is 0 Å². The Hall–Kier alpha value is -3.04. The minimum atomic E-state index is -0.578. The van der Waals surface area contributed by atoms with Gasteiger partial charge in [0.05, 0.1) is 29.4 Å². The van der Waals surface area contributed by atoms with E-state index in [1.54, 1.807) is 30.6 Å². The fourth-order valence-electron chi connectivity index (χ4n) is 3.86. The molecule has 2 N–H and O–H groups in total. The number of aromatic nitrogens is 4. The van der Waals surface area contributed by atoms with Gasteiger partial charge in [-0.25, -0.2) is 4.98 Å². The van der Waals surface area contributed by atoms with Gasteiger partial charge in [-0.1, -0.05) is 0 Å². The van der Waals surface area contributed by atoms with Gasteiger partial charge in [-0.05, 0) is 24.6 Å². The van der Waals surface area contributed by atoms with E-state index in [1.807, 2.05) is 29.8 Å². The normalized spacial score (nSPS) is 18.8. The number of rotatable bonds is 7. The molecule has 1 aromatic carbocycles. The van der Waals surface area contributed by atoms with Gasteiger partial charge in [0.1, 0.15) is 0 Å². The SMILES string of the molecule is COCCNc1nc2cc(C(=O)N3C[C@@H](Cc4cnccn4)[C@H](O)C3)ccc2n1C. The van der Waals surface area contributed by atoms with E-state index in [9.17, 15) is 9.90 Å². The summed E-state index contributed by atoms with van der Waals surface area (Å²) < 4.78 is 7.02. The van der Waals surface area contributed by atoms with Crippen LogP contribution in [0.3, 0.4) is 0 Å². The van der Waals surface area contributed by atoms with Crippen LogP contribution >= 0.6 is 0 Å². The Morgan fingerprint density at radius 1 is 1.33 bits per heavy atom. The van der Waals surface area contributed by atoms with E-state index in [0.717, 1.165) is 22.7 Å². The molecule has 4 rings (SSSR count). The van der Waals surface area contributed by atoms with Crippen molar-refractivity contribution in [2.45, 2.75) is 12.5 Å². The highest BCUT2D eigenvalue weighted by atomic mass is 16.5. The second kappa shape index (κ2) is 8.76. The number of hydrogen-bond acceptors (Lipinski definition) is 7. The maximum absolute atomic E-state index is 13.1. The van der Waals surface area contributed by atoms with E-state index in [1.165, 1.54) is 0 Å². The molecule has 3 heterocycles. The number of imidazole rings is 1. The van der Waals surface area contributed by atoms with Crippen molar-refractivity contribution in [3.8, 4) is 0 Å². The standard InChI is InChI=1S/C21H26N6O3/c1-26-18-4-3-14(10-17(18)25-21(26)24-7-8-30-2)20(29)27-12-15(19(28)13-27)9-16-11-22-5-6-23-16/h3-6,10-11,15,19,28H,7-9,12-13H2,1-2H3,(H,24,25)/t15-,19-/m1/s1. The number of carbonyl (C=O) groups is 1. The molecule has 0 radical (unpaired) electrons. The molecular formula is C21H26N6O3. The summed E-state index contributed by atoms with van der Waals surface area (Å²) in [6.45, 7) is 2.03. The number of aryl methyl sites for hydroxylation is 1. The van der Waals surface area contributed by atoms with Crippen molar-refractivity contribution in [3.05, 3.63) is 48.0 Å². The average Bonchev–Trinajstić information content (AvgIpc) is 3.28. The van der Waals surface area contributed by atoms with Gasteiger partial charge < -0.3 is 24.6 Å². The van der Waals surface area contributed by atoms with Crippen LogP contribution in [0.4, 0.5) is 5.95 Å². The highest BCUT2D eigenvalue weighted by Crippen LogP contribution is 2.25. The zero-order valence-corrected chi connectivity index (χ0v) is 17.2. The molecule has 0 unspecified atom stereocenters. The summed E-state index contributed by atoms with van der Waals surface area (Å²) in [7, 11) is 3.58. The number of fused-ring (bicyclic) bond motifs is 1. The molecule has 3 aromatic rings. The zero-order valence-electron chi connectivity index (χ0n) is 17.2. The van der Waals surface area contributed by atoms with Crippen LogP contribution in [0.2, 0.25) is 0 Å². The summed E-state index contributed by atoms with van der Waals surface area (Å²) in [6.07, 6.45) is 4.97. The van der Waals surface area contributed by atoms with Crippen molar-refractivity contribution in [1.82, 2.24) is 24.4 Å². The predicted molar refractivity (Wildman–Crippen MR) is 112 cm³/mol. The van der Waals surface area contributed by atoms with Crippen molar-refractivity contribution in [1.29, 1.82) is 0 Å². The number of carbonyl (C=O) groups excluding carboxylic acids is 1. The number of anilines is 1. The second-order valence-electron chi connectivity index (χ2n) is 7.56. The smallest absolute Gasteiger partial charge is 0.254 e. The quantitative estimate of drug-likeness (QED) is 0.562. The van der Waals surface area contributed by atoms with Gasteiger partial charge >= 0.3 is 0 Å². The summed E-state index contributed by atoms with van der Waals surface area (Å²) >= 11 is 0. The fraction of sp³-hybridized carbons (Fsp3) is 0.429. The number of aliphatic hydroxyl groups is 1. The largest absolute Gasteiger partial charge is 0.391 e. The Kier molecular flexibility index (Phi) is 5.91. The van der Waals surface area contributed by atoms with Crippen LogP contribution in [-0.4, -0.2) is 74.9 Å². The Bertz CT molecular complexity index is 1020. The molecule has 2 aromatic heterocycles. The van der Waals surface area contributed by atoms with Gasteiger partial charge in [0, 0.05) is 63.9 Å². The van der Waals surface area contributed by atoms with Crippen molar-refractivity contribution in [2.75, 3.05) is 38.7 Å². The summed E-state index contributed by atoms with van der Waals surface area (Å²) in [4.78, 5) is 27.7. The van der Waals surface area contributed by atoms with Crippen LogP contribution in [0.5, 0.6) is 0 Å². The summed E-state index contributed by atoms with van der Waals surface area (Å²) in [5.74, 6) is 0.574. The van der Waals surface area contributed by atoms with Gasteiger partial charge in [-0.3, -0.25) is 14.8 Å². The number of nitrogens with zero attached hydrogens (tertiary/aromatic N) is 5. The topological polar surface area (TPSA) is 105 Å². The first kappa shape index (κ1) is 20.2. The summed E-state index contributed by atoms with van der Waals surface area (Å²) in [5, 5.41) is 13.7. The molecule has 1 saturated heterocycles. The van der Waals surface area contributed by atoms with Crippen LogP contribution < -0.4 is 5.32 Å². The number of benzene rings is 1. The molecular weight excluding hydrogens is 384 g/mol. The minimum absolute atomic E-state index is 0.0548. The summed E-state index contributed by atoms with van der Waals surface area (Å²) in [6, 6.07) is 5.52. The lowest BCUT2D eigenvalue weighted by Gasteiger charge is -2.16. The predicted octanol–water partition coefficient (Wildman–Crippen LogP) is 1.10. The van der Waals surface area contributed by atoms with Gasteiger partial charge in [0.2, 0.25) is 5.95 Å². The lowest BCUT2D eigenvalue weighted by molar-refractivity contribution is 0.0764. The third kappa shape index (κ3) is 4.12. The van der Waals surface area contributed by atoms with E-state index in [4.69, 9.17) is 4.74 Å². The molecule has 9 heteroatoms. The van der Waals surface area contributed by atoms with Crippen LogP contribution in [0.25, 0.3) is 11.0 Å². The van der Waals surface area contributed by atoms with Gasteiger partial charge in [0.25, 0.3) is 5.91 Å². The molecule has 1 fully saturated rings. The monoisotopic (exact) mass is 410 g/mol. The molecule has 9 nitrogen and oxygen atoms in total. The number of aliphatic hydroxyl groups excluding tert-OH is 1. The van der Waals surface area contributed by atoms with Crippen LogP contribution in [0.15, 0.2) is 36.8 Å². The van der Waals surface area contributed by atoms with E-state index in [0.29, 0.717) is 38.2 Å². The molecule has 158 valence electrons. The van der Waals surface area contributed by atoms with Crippen LogP contribution in [-0.2, 0) is 18.2 Å². The molecule has 0 bridgehead atoms. The maximum atomic E-state index is 13.1. The number of hydrogen-bond donors (Lipinski definition) is 2. The second-order valence-corrected chi connectivity index (χ2v) is 7.56. The van der Waals surface area contributed by atoms with Crippen molar-refractivity contribution < 1.29 is 14.6 Å². The number of amides is 1. The maximum Gasteiger partial charge on any atom is 0.254 e. The lowest BCUT2D eigenvalue weighted by atomic mass is 10.0. The number of β-amino-alcohol motifs (C(OH)–C–C–N with tert-alkyl or cyclic N) is 1. The first-order chi connectivity index (χ1) is 14.6. The highest BCUT2D eigenvalue weighted by Gasteiger charge is 2.34. The number of methoxy groups -OCH3 is 1. The first-order valence-corrected chi connectivity index (χ1v) is 9.98. The zero-order chi connectivity index (χ0) is 21.1. The highest BCUT2D eigenvalue weighted by molar-refractivity contribution is 5.98. The molecule has 1 aliphatic rings.